The van der Waals surface area contributed by atoms with Gasteiger partial charge in [-0.15, -0.1) is 0 Å². The van der Waals surface area contributed by atoms with E-state index in [1.54, 1.807) is 21.9 Å². The molecule has 53 heavy (non-hydrogen) atoms. The zero-order valence-corrected chi connectivity index (χ0v) is 31.6. The number of likely N-dealkylation sites (tertiary alicyclic amines) is 1. The fourth-order valence-electron chi connectivity index (χ4n) is 9.07. The highest BCUT2D eigenvalue weighted by atomic mass is 35.5. The summed E-state index contributed by atoms with van der Waals surface area (Å²) in [6, 6.07) is 9.48. The highest BCUT2D eigenvalue weighted by Crippen LogP contribution is 2.46. The predicted octanol–water partition coefficient (Wildman–Crippen LogP) is 3.67. The molecule has 12 nitrogen and oxygen atoms in total. The number of carbonyl (C=O) groups is 2. The molecule has 1 aromatic heterocycles. The van der Waals surface area contributed by atoms with E-state index in [0.717, 1.165) is 45.2 Å². The Bertz CT molecular complexity index is 1750. The monoisotopic (exact) mass is 776 g/mol. The van der Waals surface area contributed by atoms with Crippen molar-refractivity contribution in [3.05, 3.63) is 47.1 Å². The Balaban J connectivity index is 0.914. The number of alkyl halides is 2. The molecule has 1 unspecified atom stereocenters. The molecule has 3 aliphatic heterocycles. The number of nitrogens with two attached hydrogens (primary N) is 2. The van der Waals surface area contributed by atoms with E-state index in [1.807, 2.05) is 0 Å². The summed E-state index contributed by atoms with van der Waals surface area (Å²) >= 11 is 6.31. The third kappa shape index (κ3) is 8.35. The zero-order chi connectivity index (χ0) is 37.5. The van der Waals surface area contributed by atoms with Gasteiger partial charge >= 0.3 is 0 Å². The summed E-state index contributed by atoms with van der Waals surface area (Å²) in [5.41, 5.74) is 12.8. The SMILES string of the molecule is N[C@@H]1C[C@H](N)CN(C2CC[C@H](NC(=O)C3CCC(C(F)(F)c4cc(Cl)nc(N5CCN(S(=O)(=O)c6ccc(N7CCCC7=O)cc6)CC5)c4)CC3)C2)C1. The van der Waals surface area contributed by atoms with Crippen LogP contribution < -0.4 is 26.6 Å². The normalized spacial score (nSPS) is 29.5. The van der Waals surface area contributed by atoms with Crippen molar-refractivity contribution in [2.45, 2.75) is 99.2 Å². The first-order valence-corrected chi connectivity index (χ1v) is 20.9. The second-order valence-corrected chi connectivity index (χ2v) is 17.9. The number of amides is 2. The number of carbonyl (C=O) groups excluding carboxylic acids is 2. The summed E-state index contributed by atoms with van der Waals surface area (Å²) < 4.78 is 60.5. The third-order valence-electron chi connectivity index (χ3n) is 12.0. The molecule has 5 aliphatic rings. The number of rotatable bonds is 9. The van der Waals surface area contributed by atoms with Crippen LogP contribution in [-0.2, 0) is 25.5 Å². The Hall–Kier alpha value is -2.95. The molecule has 5 N–H and O–H groups in total. The second kappa shape index (κ2) is 15.7. The second-order valence-electron chi connectivity index (χ2n) is 15.6. The molecule has 2 aromatic rings. The smallest absolute Gasteiger partial charge is 0.276 e. The Morgan fingerprint density at radius 1 is 0.906 bits per heavy atom. The number of nitrogens with zero attached hydrogens (tertiary/aromatic N) is 5. The van der Waals surface area contributed by atoms with E-state index in [1.165, 1.54) is 28.6 Å². The molecule has 0 bridgehead atoms. The molecule has 5 fully saturated rings. The number of aromatic nitrogens is 1. The quantitative estimate of drug-likeness (QED) is 0.324. The lowest BCUT2D eigenvalue weighted by molar-refractivity contribution is -0.129. The molecule has 4 heterocycles. The largest absolute Gasteiger partial charge is 0.354 e. The number of piperidine rings is 1. The first-order valence-electron chi connectivity index (χ1n) is 19.0. The minimum atomic E-state index is -3.81. The van der Waals surface area contributed by atoms with E-state index in [0.29, 0.717) is 37.5 Å². The van der Waals surface area contributed by atoms with Crippen LogP contribution in [0.1, 0.15) is 69.8 Å². The van der Waals surface area contributed by atoms with Gasteiger partial charge in [0.2, 0.25) is 21.8 Å². The number of halogens is 3. The standard InChI is InChI=1S/C37H51ClF2N8O4S/c38-33-18-26(19-34(44-33)45-14-16-47(17-15-45)53(51,52)32-11-9-30(10-12-32)48-13-1-2-35(48)49)37(39,40)25-5-3-24(4-6-25)36(50)43-29-7-8-31(21-29)46-22-27(41)20-28(42)23-46/h9-12,18-19,24-25,27-29,31H,1-8,13-17,20-23,41-42H2,(H,43,50)/t24?,25?,27-,28+,29-,31?/m0/s1. The molecular weight excluding hydrogens is 726 g/mol. The van der Waals surface area contributed by atoms with Crippen molar-refractivity contribution in [1.29, 1.82) is 0 Å². The molecule has 3 saturated heterocycles. The van der Waals surface area contributed by atoms with Crippen LogP contribution in [0.25, 0.3) is 0 Å². The topological polar surface area (TPSA) is 158 Å². The summed E-state index contributed by atoms with van der Waals surface area (Å²) in [6.45, 7) is 3.04. The number of benzene rings is 1. The predicted molar refractivity (Wildman–Crippen MR) is 199 cm³/mol. The average Bonchev–Trinajstić information content (AvgIpc) is 3.80. The van der Waals surface area contributed by atoms with Crippen molar-refractivity contribution >= 4 is 44.9 Å². The van der Waals surface area contributed by atoms with Crippen LogP contribution in [-0.4, -0.2) is 104 Å². The van der Waals surface area contributed by atoms with Crippen molar-refractivity contribution < 1.29 is 26.8 Å². The molecule has 2 saturated carbocycles. The van der Waals surface area contributed by atoms with Gasteiger partial charge in [-0.25, -0.2) is 22.2 Å². The van der Waals surface area contributed by atoms with E-state index in [4.69, 9.17) is 23.1 Å². The molecule has 4 atom stereocenters. The summed E-state index contributed by atoms with van der Waals surface area (Å²) in [5.74, 6) is -4.17. The van der Waals surface area contributed by atoms with Gasteiger partial charge in [-0.05, 0) is 94.2 Å². The van der Waals surface area contributed by atoms with Gasteiger partial charge in [-0.3, -0.25) is 14.5 Å². The van der Waals surface area contributed by atoms with Crippen molar-refractivity contribution in [2.24, 2.45) is 23.3 Å². The van der Waals surface area contributed by atoms with E-state index in [-0.39, 0.29) is 96.3 Å². The van der Waals surface area contributed by atoms with Crippen LogP contribution in [0.5, 0.6) is 0 Å². The Morgan fingerprint density at radius 3 is 2.23 bits per heavy atom. The fourth-order valence-corrected chi connectivity index (χ4v) is 10.7. The summed E-state index contributed by atoms with van der Waals surface area (Å²) in [5, 5.41) is 3.16. The first kappa shape index (κ1) is 38.3. The van der Waals surface area contributed by atoms with Crippen LogP contribution in [0.4, 0.5) is 20.3 Å². The number of anilines is 2. The van der Waals surface area contributed by atoms with Crippen LogP contribution in [0.15, 0.2) is 41.3 Å². The fraction of sp³-hybridized carbons (Fsp3) is 0.649. The van der Waals surface area contributed by atoms with E-state index in [2.05, 4.69) is 15.2 Å². The number of hydrogen-bond acceptors (Lipinski definition) is 9. The van der Waals surface area contributed by atoms with Gasteiger partial charge in [0.05, 0.1) is 4.90 Å². The lowest BCUT2D eigenvalue weighted by atomic mass is 9.77. The molecule has 7 rings (SSSR count). The summed E-state index contributed by atoms with van der Waals surface area (Å²) in [4.78, 5) is 35.6. The Labute approximate surface area is 315 Å². The van der Waals surface area contributed by atoms with Gasteiger partial charge in [0.25, 0.3) is 5.92 Å². The molecular formula is C37H51ClF2N8O4S. The lowest BCUT2D eigenvalue weighted by Crippen LogP contribution is -2.55. The van der Waals surface area contributed by atoms with E-state index < -0.39 is 21.9 Å². The maximum atomic E-state index is 16.1. The van der Waals surface area contributed by atoms with Gasteiger partial charge < -0.3 is 26.6 Å². The number of sulfonamides is 1. The van der Waals surface area contributed by atoms with Crippen LogP contribution in [0, 0.1) is 11.8 Å². The van der Waals surface area contributed by atoms with Crippen molar-refractivity contribution in [3.8, 4) is 0 Å². The van der Waals surface area contributed by atoms with Gasteiger partial charge in [0.15, 0.2) is 0 Å². The average molecular weight is 777 g/mol. The Kier molecular flexibility index (Phi) is 11.3. The number of piperazine rings is 1. The lowest BCUT2D eigenvalue weighted by Gasteiger charge is -2.38. The highest BCUT2D eigenvalue weighted by Gasteiger charge is 2.45. The van der Waals surface area contributed by atoms with Crippen molar-refractivity contribution in [2.75, 3.05) is 55.6 Å². The number of hydrogen-bond donors (Lipinski definition) is 3. The van der Waals surface area contributed by atoms with Crippen molar-refractivity contribution in [1.82, 2.24) is 19.5 Å². The molecule has 16 heteroatoms. The molecule has 0 radical (unpaired) electrons. The highest BCUT2D eigenvalue weighted by molar-refractivity contribution is 7.89. The van der Waals surface area contributed by atoms with E-state index >= 15 is 8.78 Å². The van der Waals surface area contributed by atoms with Gasteiger partial charge in [-0.2, -0.15) is 4.31 Å². The van der Waals surface area contributed by atoms with Gasteiger partial charge in [0.1, 0.15) is 11.0 Å². The first-order chi connectivity index (χ1) is 25.3. The maximum absolute atomic E-state index is 16.1. The van der Waals surface area contributed by atoms with Crippen LogP contribution in [0.2, 0.25) is 5.15 Å². The van der Waals surface area contributed by atoms with Gasteiger partial charge in [0, 0.05) is 99.5 Å². The maximum Gasteiger partial charge on any atom is 0.276 e. The van der Waals surface area contributed by atoms with Crippen LogP contribution >= 0.6 is 11.6 Å². The van der Waals surface area contributed by atoms with Crippen LogP contribution in [0.3, 0.4) is 0 Å². The Morgan fingerprint density at radius 2 is 1.58 bits per heavy atom. The minimum absolute atomic E-state index is 0.0264. The number of nitrogens with one attached hydrogen (secondary N) is 1. The number of pyridine rings is 1. The minimum Gasteiger partial charge on any atom is -0.354 e. The molecule has 290 valence electrons. The van der Waals surface area contributed by atoms with Crippen molar-refractivity contribution in [3.63, 3.8) is 0 Å². The van der Waals surface area contributed by atoms with Gasteiger partial charge in [-0.1, -0.05) is 11.6 Å². The summed E-state index contributed by atoms with van der Waals surface area (Å²) in [7, 11) is -3.81. The molecule has 0 spiro atoms. The molecule has 1 aromatic carbocycles. The van der Waals surface area contributed by atoms with E-state index in [9.17, 15) is 18.0 Å². The molecule has 2 amide bonds. The third-order valence-corrected chi connectivity index (χ3v) is 14.1. The summed E-state index contributed by atoms with van der Waals surface area (Å²) in [6.07, 6.45) is 6.01. The zero-order valence-electron chi connectivity index (χ0n) is 30.0. The molecule has 2 aliphatic carbocycles.